The minimum atomic E-state index is -0.525. The normalized spacial score (nSPS) is 52.3. The fourth-order valence-electron chi connectivity index (χ4n) is 5.34. The van der Waals surface area contributed by atoms with E-state index in [2.05, 4.69) is 26.0 Å². The average Bonchev–Trinajstić information content (AvgIpc) is 2.78. The quantitative estimate of drug-likeness (QED) is 0.630. The molecular formula is C16H22O3. The summed E-state index contributed by atoms with van der Waals surface area (Å²) in [6, 6.07) is 0. The molecule has 2 saturated carbocycles. The van der Waals surface area contributed by atoms with Gasteiger partial charge in [0.25, 0.3) is 0 Å². The molecule has 1 spiro atoms. The molecule has 5 atom stereocenters. The highest BCUT2D eigenvalue weighted by atomic mass is 16.8. The molecule has 1 saturated heterocycles. The molecule has 0 unspecified atom stereocenters. The van der Waals surface area contributed by atoms with Crippen LogP contribution >= 0.6 is 0 Å². The molecule has 3 fully saturated rings. The number of rotatable bonds is 0. The van der Waals surface area contributed by atoms with Gasteiger partial charge >= 0.3 is 0 Å². The van der Waals surface area contributed by atoms with Gasteiger partial charge in [-0.2, -0.15) is 0 Å². The molecule has 1 aliphatic heterocycles. The Morgan fingerprint density at radius 2 is 1.95 bits per heavy atom. The third-order valence-electron chi connectivity index (χ3n) is 5.89. The van der Waals surface area contributed by atoms with Crippen molar-refractivity contribution in [3.05, 3.63) is 12.2 Å². The predicted octanol–water partition coefficient (Wildman–Crippen LogP) is 2.70. The van der Waals surface area contributed by atoms with E-state index in [0.717, 1.165) is 6.42 Å². The van der Waals surface area contributed by atoms with E-state index in [4.69, 9.17) is 9.47 Å². The topological polar surface area (TPSA) is 35.5 Å². The van der Waals surface area contributed by atoms with Gasteiger partial charge in [-0.25, -0.2) is 0 Å². The van der Waals surface area contributed by atoms with E-state index in [-0.39, 0.29) is 34.9 Å². The predicted molar refractivity (Wildman–Crippen MR) is 70.4 cm³/mol. The molecule has 5 aliphatic rings. The fourth-order valence-corrected chi connectivity index (χ4v) is 5.34. The smallest absolute Gasteiger partial charge is 0.163 e. The molecule has 0 radical (unpaired) electrons. The van der Waals surface area contributed by atoms with Gasteiger partial charge in [0.2, 0.25) is 0 Å². The van der Waals surface area contributed by atoms with Gasteiger partial charge < -0.3 is 9.47 Å². The van der Waals surface area contributed by atoms with Crippen molar-refractivity contribution in [3.8, 4) is 0 Å². The Morgan fingerprint density at radius 3 is 2.68 bits per heavy atom. The Bertz CT molecular complexity index is 490. The largest absolute Gasteiger partial charge is 0.344 e. The summed E-state index contributed by atoms with van der Waals surface area (Å²) in [6.07, 6.45) is 6.35. The lowest BCUT2D eigenvalue weighted by Gasteiger charge is -2.58. The molecule has 104 valence electrons. The Balaban J connectivity index is 1.89. The van der Waals surface area contributed by atoms with Crippen molar-refractivity contribution in [2.24, 2.45) is 22.7 Å². The lowest BCUT2D eigenvalue weighted by Crippen LogP contribution is -2.62. The Labute approximate surface area is 114 Å². The minimum Gasteiger partial charge on any atom is -0.344 e. The van der Waals surface area contributed by atoms with Crippen LogP contribution in [0, 0.1) is 22.7 Å². The third kappa shape index (κ3) is 1.24. The molecule has 19 heavy (non-hydrogen) atoms. The van der Waals surface area contributed by atoms with E-state index in [9.17, 15) is 4.79 Å². The number of ether oxygens (including phenoxy) is 2. The van der Waals surface area contributed by atoms with Crippen LogP contribution in [0.4, 0.5) is 0 Å². The SMILES string of the molecule is CC1(C)O[C@H]2[C@H]3C=C[C@@]4(CCC(=O)[C@@H]4C3(C)C)[C@H]2O1. The number of hydrogen-bond acceptors (Lipinski definition) is 3. The van der Waals surface area contributed by atoms with Crippen LogP contribution in [0.5, 0.6) is 0 Å². The molecule has 0 aromatic carbocycles. The molecule has 2 bridgehead atoms. The van der Waals surface area contributed by atoms with Crippen molar-refractivity contribution in [2.75, 3.05) is 0 Å². The van der Waals surface area contributed by atoms with E-state index in [1.165, 1.54) is 0 Å². The third-order valence-corrected chi connectivity index (χ3v) is 5.89. The summed E-state index contributed by atoms with van der Waals surface area (Å²) in [6.45, 7) is 8.43. The molecule has 3 nitrogen and oxygen atoms in total. The first kappa shape index (κ1) is 12.1. The van der Waals surface area contributed by atoms with E-state index in [1.54, 1.807) is 0 Å². The molecule has 0 aromatic rings. The molecule has 4 aliphatic carbocycles. The summed E-state index contributed by atoms with van der Waals surface area (Å²) in [7, 11) is 0. The number of ketones is 1. The number of carbonyl (C=O) groups is 1. The molecule has 1 heterocycles. The van der Waals surface area contributed by atoms with Gasteiger partial charge in [-0.3, -0.25) is 4.79 Å². The summed E-state index contributed by atoms with van der Waals surface area (Å²) in [5.41, 5.74) is -0.138. The summed E-state index contributed by atoms with van der Waals surface area (Å²) >= 11 is 0. The first-order valence-electron chi connectivity index (χ1n) is 7.36. The highest BCUT2D eigenvalue weighted by Crippen LogP contribution is 2.67. The second kappa shape index (κ2) is 3.15. The molecule has 0 aromatic heterocycles. The summed E-state index contributed by atoms with van der Waals surface area (Å²) in [5, 5.41) is 0. The van der Waals surface area contributed by atoms with Crippen molar-refractivity contribution in [1.29, 1.82) is 0 Å². The summed E-state index contributed by atoms with van der Waals surface area (Å²) in [5.74, 6) is 0.288. The molecule has 3 heteroatoms. The van der Waals surface area contributed by atoms with E-state index in [1.807, 2.05) is 13.8 Å². The van der Waals surface area contributed by atoms with Gasteiger partial charge in [0.1, 0.15) is 5.78 Å². The Morgan fingerprint density at radius 1 is 1.21 bits per heavy atom. The minimum absolute atomic E-state index is 0.0206. The second-order valence-corrected chi connectivity index (χ2v) is 7.74. The Hall–Kier alpha value is -0.670. The van der Waals surface area contributed by atoms with Gasteiger partial charge in [-0.1, -0.05) is 26.0 Å². The summed E-state index contributed by atoms with van der Waals surface area (Å²) in [4.78, 5) is 12.4. The molecular weight excluding hydrogens is 240 g/mol. The monoisotopic (exact) mass is 262 g/mol. The zero-order chi connectivity index (χ0) is 13.6. The van der Waals surface area contributed by atoms with Crippen molar-refractivity contribution < 1.29 is 14.3 Å². The Kier molecular flexibility index (Phi) is 2.00. The number of hydrogen-bond donors (Lipinski definition) is 0. The molecule has 5 rings (SSSR count). The van der Waals surface area contributed by atoms with Crippen molar-refractivity contribution in [3.63, 3.8) is 0 Å². The van der Waals surface area contributed by atoms with Gasteiger partial charge in [-0.15, -0.1) is 0 Å². The first-order valence-corrected chi connectivity index (χ1v) is 7.36. The van der Waals surface area contributed by atoms with Crippen LogP contribution in [0.1, 0.15) is 40.5 Å². The van der Waals surface area contributed by atoms with Gasteiger partial charge in [0, 0.05) is 23.7 Å². The van der Waals surface area contributed by atoms with E-state index >= 15 is 0 Å². The van der Waals surface area contributed by atoms with E-state index < -0.39 is 5.79 Å². The highest BCUT2D eigenvalue weighted by molar-refractivity contribution is 5.86. The fraction of sp³-hybridized carbons (Fsp3) is 0.812. The second-order valence-electron chi connectivity index (χ2n) is 7.74. The number of Topliss-reactive ketones (excluding diaryl/α,β-unsaturated/α-hetero) is 1. The lowest BCUT2D eigenvalue weighted by molar-refractivity contribution is -0.156. The van der Waals surface area contributed by atoms with Crippen LogP contribution in [0.2, 0.25) is 0 Å². The van der Waals surface area contributed by atoms with Crippen LogP contribution < -0.4 is 0 Å². The molecule has 0 amide bonds. The average molecular weight is 262 g/mol. The van der Waals surface area contributed by atoms with Crippen molar-refractivity contribution >= 4 is 5.78 Å². The van der Waals surface area contributed by atoms with Crippen LogP contribution in [0.15, 0.2) is 12.2 Å². The maximum Gasteiger partial charge on any atom is 0.163 e. The maximum absolute atomic E-state index is 12.4. The van der Waals surface area contributed by atoms with Crippen molar-refractivity contribution in [1.82, 2.24) is 0 Å². The highest BCUT2D eigenvalue weighted by Gasteiger charge is 2.71. The zero-order valence-corrected chi connectivity index (χ0v) is 12.1. The van der Waals surface area contributed by atoms with Crippen molar-refractivity contribution in [2.45, 2.75) is 58.5 Å². The van der Waals surface area contributed by atoms with Crippen LogP contribution in [-0.4, -0.2) is 23.8 Å². The lowest BCUT2D eigenvalue weighted by atomic mass is 9.47. The van der Waals surface area contributed by atoms with Crippen LogP contribution in [-0.2, 0) is 14.3 Å². The van der Waals surface area contributed by atoms with Gasteiger partial charge in [-0.05, 0) is 25.7 Å². The first-order chi connectivity index (χ1) is 8.78. The standard InChI is InChI=1S/C16H22O3/c1-14(2)9-5-7-16(8-6-10(17)12(14)16)13-11(9)18-15(3,4)19-13/h5,7,9,11-13H,6,8H2,1-4H3/t9-,11+,12-,13+,16+/m1/s1. The maximum atomic E-state index is 12.4. The summed E-state index contributed by atoms with van der Waals surface area (Å²) < 4.78 is 12.4. The van der Waals surface area contributed by atoms with Gasteiger partial charge in [0.05, 0.1) is 12.2 Å². The van der Waals surface area contributed by atoms with Crippen LogP contribution in [0.3, 0.4) is 0 Å². The zero-order valence-electron chi connectivity index (χ0n) is 12.1. The van der Waals surface area contributed by atoms with Crippen LogP contribution in [0.25, 0.3) is 0 Å². The number of carbonyl (C=O) groups excluding carboxylic acids is 1. The van der Waals surface area contributed by atoms with E-state index in [0.29, 0.717) is 12.2 Å². The van der Waals surface area contributed by atoms with Gasteiger partial charge in [0.15, 0.2) is 5.79 Å². The molecule has 0 N–H and O–H groups in total.